The third-order valence-electron chi connectivity index (χ3n) is 5.36. The molecule has 0 spiro atoms. The Morgan fingerprint density at radius 1 is 1.21 bits per heavy atom. The van der Waals surface area contributed by atoms with Gasteiger partial charge in [-0.2, -0.15) is 0 Å². The monoisotopic (exact) mass is 479 g/mol. The minimum Gasteiger partial charge on any atom is -0.462 e. The molecule has 0 bridgehead atoms. The quantitative estimate of drug-likeness (QED) is 0.290. The highest BCUT2D eigenvalue weighted by Gasteiger charge is 2.24. The van der Waals surface area contributed by atoms with Gasteiger partial charge in [-0.05, 0) is 49.1 Å². The number of benzene rings is 2. The van der Waals surface area contributed by atoms with Gasteiger partial charge in [-0.1, -0.05) is 12.1 Å². The molecule has 9 nitrogen and oxygen atoms in total. The van der Waals surface area contributed by atoms with E-state index in [0.717, 1.165) is 16.9 Å². The molecule has 2 aromatic carbocycles. The Morgan fingerprint density at radius 3 is 2.79 bits per heavy atom. The molecule has 1 aliphatic heterocycles. The summed E-state index contributed by atoms with van der Waals surface area (Å²) in [5.41, 5.74) is 2.88. The summed E-state index contributed by atoms with van der Waals surface area (Å²) in [6.07, 6.45) is 1.78. The van der Waals surface area contributed by atoms with Crippen LogP contribution >= 0.6 is 11.3 Å². The zero-order valence-corrected chi connectivity index (χ0v) is 19.1. The van der Waals surface area contributed by atoms with Crippen LogP contribution in [-0.2, 0) is 16.0 Å². The van der Waals surface area contributed by atoms with Gasteiger partial charge in [0.15, 0.2) is 0 Å². The van der Waals surface area contributed by atoms with Crippen LogP contribution in [0.25, 0.3) is 11.1 Å². The van der Waals surface area contributed by atoms with Crippen molar-refractivity contribution in [2.24, 2.45) is 0 Å². The molecule has 0 radical (unpaired) electrons. The molecule has 1 aliphatic rings. The second-order valence-electron chi connectivity index (χ2n) is 7.61. The molecule has 0 unspecified atom stereocenters. The number of nitrogens with zero attached hydrogens (tertiary/aromatic N) is 1. The predicted octanol–water partition coefficient (Wildman–Crippen LogP) is 5.03. The van der Waals surface area contributed by atoms with Crippen LogP contribution in [0.4, 0.5) is 16.4 Å². The molecule has 1 aromatic heterocycles. The number of nitro groups is 1. The van der Waals surface area contributed by atoms with Crippen molar-refractivity contribution in [3.63, 3.8) is 0 Å². The molecule has 174 valence electrons. The number of nitrogens with one attached hydrogen (secondary N) is 2. The molecule has 0 atom stereocenters. The number of amides is 2. The normalized spacial score (nSPS) is 12.8. The van der Waals surface area contributed by atoms with Gasteiger partial charge >= 0.3 is 5.97 Å². The second-order valence-corrected chi connectivity index (χ2v) is 8.49. The maximum atomic E-state index is 13.0. The van der Waals surface area contributed by atoms with Gasteiger partial charge in [0.05, 0.1) is 11.5 Å². The predicted molar refractivity (Wildman–Crippen MR) is 128 cm³/mol. The minimum atomic E-state index is -0.634. The van der Waals surface area contributed by atoms with Crippen LogP contribution in [0.3, 0.4) is 0 Å². The number of ether oxygens (including phenoxy) is 1. The Labute approximate surface area is 198 Å². The van der Waals surface area contributed by atoms with E-state index < -0.39 is 16.8 Å². The van der Waals surface area contributed by atoms with E-state index in [2.05, 4.69) is 10.6 Å². The van der Waals surface area contributed by atoms with Gasteiger partial charge in [-0.15, -0.1) is 11.3 Å². The summed E-state index contributed by atoms with van der Waals surface area (Å²) in [7, 11) is 0. The number of thiophene rings is 1. The van der Waals surface area contributed by atoms with E-state index in [1.165, 1.54) is 18.2 Å². The van der Waals surface area contributed by atoms with Crippen molar-refractivity contribution in [1.29, 1.82) is 0 Å². The highest BCUT2D eigenvalue weighted by atomic mass is 32.1. The molecule has 2 N–H and O–H groups in total. The number of nitro benzene ring substituents is 1. The van der Waals surface area contributed by atoms with Gasteiger partial charge in [0.25, 0.3) is 11.6 Å². The Balaban J connectivity index is 1.67. The third-order valence-corrected chi connectivity index (χ3v) is 6.25. The van der Waals surface area contributed by atoms with Crippen LogP contribution in [0.1, 0.15) is 46.0 Å². The van der Waals surface area contributed by atoms with Crippen LogP contribution in [-0.4, -0.2) is 29.3 Å². The first-order valence-corrected chi connectivity index (χ1v) is 11.5. The molecule has 10 heteroatoms. The minimum absolute atomic E-state index is 0.0534. The Morgan fingerprint density at radius 2 is 2.03 bits per heavy atom. The molecular weight excluding hydrogens is 458 g/mol. The molecular formula is C24H21N3O6S. The van der Waals surface area contributed by atoms with E-state index >= 15 is 0 Å². The first kappa shape index (κ1) is 23.1. The average molecular weight is 480 g/mol. The van der Waals surface area contributed by atoms with E-state index in [9.17, 15) is 24.5 Å². The molecule has 0 saturated carbocycles. The topological polar surface area (TPSA) is 128 Å². The average Bonchev–Trinajstić information content (AvgIpc) is 3.14. The molecule has 4 rings (SSSR count). The first-order valence-electron chi connectivity index (χ1n) is 10.6. The maximum absolute atomic E-state index is 13.0. The van der Waals surface area contributed by atoms with Crippen molar-refractivity contribution in [3.05, 3.63) is 74.6 Å². The molecule has 2 amide bonds. The van der Waals surface area contributed by atoms with Gasteiger partial charge in [-0.25, -0.2) is 4.79 Å². The lowest BCUT2D eigenvalue weighted by molar-refractivity contribution is -0.384. The zero-order chi connectivity index (χ0) is 24.2. The van der Waals surface area contributed by atoms with E-state index in [4.69, 9.17) is 4.74 Å². The maximum Gasteiger partial charge on any atom is 0.341 e. The van der Waals surface area contributed by atoms with Gasteiger partial charge in [0.1, 0.15) is 10.6 Å². The van der Waals surface area contributed by atoms with E-state index in [1.807, 2.05) is 0 Å². The summed E-state index contributed by atoms with van der Waals surface area (Å²) in [4.78, 5) is 48.3. The van der Waals surface area contributed by atoms with Crippen molar-refractivity contribution in [1.82, 2.24) is 0 Å². The van der Waals surface area contributed by atoms with Crippen LogP contribution < -0.4 is 10.6 Å². The fraction of sp³-hybridized carbons (Fsp3) is 0.208. The smallest absolute Gasteiger partial charge is 0.341 e. The molecule has 0 saturated heterocycles. The summed E-state index contributed by atoms with van der Waals surface area (Å²) >= 11 is 1.14. The summed E-state index contributed by atoms with van der Waals surface area (Å²) in [6.45, 7) is 1.80. The lowest BCUT2D eigenvalue weighted by Crippen LogP contribution is -2.15. The SMILES string of the molecule is CCOC(=O)c1c(-c2cccc([N+](=O)[O-])c2)csc1NC(=O)c1ccc2c(c1)CCCC(=O)N2. The fourth-order valence-corrected chi connectivity index (χ4v) is 4.70. The molecule has 0 fully saturated rings. The van der Waals surface area contributed by atoms with E-state index in [0.29, 0.717) is 41.6 Å². The number of carbonyl (C=O) groups excluding carboxylic acids is 3. The number of aryl methyl sites for hydroxylation is 1. The Bertz CT molecular complexity index is 1300. The Kier molecular flexibility index (Phi) is 6.69. The van der Waals surface area contributed by atoms with Crippen LogP contribution in [0.15, 0.2) is 47.8 Å². The standard InChI is InChI=1S/C24H21N3O6S/c1-2-33-24(30)21-18(14-5-3-7-17(12-14)27(31)32)13-34-23(21)26-22(29)16-9-10-19-15(11-16)6-4-8-20(28)25-19/h3,5,7,9-13H,2,4,6,8H2,1H3,(H,25,28)(H,26,29). The summed E-state index contributed by atoms with van der Waals surface area (Å²) in [5.74, 6) is -1.11. The van der Waals surface area contributed by atoms with E-state index in [1.54, 1.807) is 36.6 Å². The summed E-state index contributed by atoms with van der Waals surface area (Å²) in [6, 6.07) is 11.0. The van der Waals surface area contributed by atoms with Crippen LogP contribution in [0.2, 0.25) is 0 Å². The van der Waals surface area contributed by atoms with Crippen LogP contribution in [0, 0.1) is 10.1 Å². The Hall–Kier alpha value is -4.05. The fourth-order valence-electron chi connectivity index (χ4n) is 3.75. The van der Waals surface area contributed by atoms with Crippen molar-refractivity contribution in [3.8, 4) is 11.1 Å². The molecule has 0 aliphatic carbocycles. The number of hydrogen-bond acceptors (Lipinski definition) is 7. The van der Waals surface area contributed by atoms with Crippen LogP contribution in [0.5, 0.6) is 0 Å². The highest BCUT2D eigenvalue weighted by Crippen LogP contribution is 2.37. The van der Waals surface area contributed by atoms with Gasteiger partial charge in [-0.3, -0.25) is 19.7 Å². The third kappa shape index (κ3) is 4.81. The summed E-state index contributed by atoms with van der Waals surface area (Å²) < 4.78 is 5.19. The van der Waals surface area contributed by atoms with Gasteiger partial charge < -0.3 is 15.4 Å². The summed E-state index contributed by atoms with van der Waals surface area (Å²) in [5, 5.41) is 18.8. The van der Waals surface area contributed by atoms with Crippen molar-refractivity contribution in [2.75, 3.05) is 17.2 Å². The highest BCUT2D eigenvalue weighted by molar-refractivity contribution is 7.15. The van der Waals surface area contributed by atoms with Gasteiger partial charge in [0, 0.05) is 40.7 Å². The van der Waals surface area contributed by atoms with Crippen molar-refractivity contribution in [2.45, 2.75) is 26.2 Å². The van der Waals surface area contributed by atoms with Crippen molar-refractivity contribution < 1.29 is 24.0 Å². The second kappa shape index (κ2) is 9.84. The number of non-ortho nitro benzene ring substituents is 1. The molecule has 3 aromatic rings. The van der Waals surface area contributed by atoms with Gasteiger partial charge in [0.2, 0.25) is 5.91 Å². The molecule has 2 heterocycles. The number of anilines is 2. The number of esters is 1. The largest absolute Gasteiger partial charge is 0.462 e. The lowest BCUT2D eigenvalue weighted by Gasteiger charge is -2.11. The van der Waals surface area contributed by atoms with Crippen molar-refractivity contribution >= 4 is 45.5 Å². The first-order chi connectivity index (χ1) is 16.4. The number of rotatable bonds is 6. The number of carbonyl (C=O) groups is 3. The number of hydrogen-bond donors (Lipinski definition) is 2. The lowest BCUT2D eigenvalue weighted by atomic mass is 10.0. The number of fused-ring (bicyclic) bond motifs is 1. The van der Waals surface area contributed by atoms with E-state index in [-0.39, 0.29) is 28.8 Å². The molecule has 34 heavy (non-hydrogen) atoms. The zero-order valence-electron chi connectivity index (χ0n) is 18.3.